The van der Waals surface area contributed by atoms with Gasteiger partial charge in [0.25, 0.3) is 0 Å². The van der Waals surface area contributed by atoms with Crippen molar-refractivity contribution >= 4 is 11.6 Å². The summed E-state index contributed by atoms with van der Waals surface area (Å²) in [6.45, 7) is 9.08. The van der Waals surface area contributed by atoms with Crippen LogP contribution in [0.5, 0.6) is 0 Å². The van der Waals surface area contributed by atoms with Crippen molar-refractivity contribution < 1.29 is 9.47 Å². The van der Waals surface area contributed by atoms with E-state index in [9.17, 15) is 0 Å². The van der Waals surface area contributed by atoms with E-state index in [2.05, 4.69) is 32.2 Å². The maximum absolute atomic E-state index is 6.41. The molecule has 106 valence electrons. The van der Waals surface area contributed by atoms with E-state index < -0.39 is 0 Å². The first-order chi connectivity index (χ1) is 9.13. The molecule has 0 amide bonds. The van der Waals surface area contributed by atoms with Gasteiger partial charge in [-0.05, 0) is 43.1 Å². The Morgan fingerprint density at radius 1 is 1.32 bits per heavy atom. The number of likely N-dealkylation sites (N-methyl/N-ethyl adjacent to an activating group) is 1. The molecule has 1 heterocycles. The molecule has 1 aliphatic rings. The number of halogens is 1. The van der Waals surface area contributed by atoms with E-state index in [1.54, 1.807) is 0 Å². The minimum atomic E-state index is 0.0216. The second kappa shape index (κ2) is 6.71. The highest BCUT2D eigenvalue weighted by atomic mass is 35.5. The number of aryl methyl sites for hydroxylation is 2. The van der Waals surface area contributed by atoms with Crippen molar-refractivity contribution in [2.45, 2.75) is 32.9 Å². The van der Waals surface area contributed by atoms with Crippen LogP contribution in [0.2, 0.25) is 5.02 Å². The fourth-order valence-electron chi connectivity index (χ4n) is 2.40. The molecule has 3 nitrogen and oxygen atoms in total. The Hall–Kier alpha value is -0.610. The lowest BCUT2D eigenvalue weighted by atomic mass is 9.97. The van der Waals surface area contributed by atoms with Gasteiger partial charge >= 0.3 is 0 Å². The smallest absolute Gasteiger partial charge is 0.100 e. The first kappa shape index (κ1) is 14.8. The van der Waals surface area contributed by atoms with Gasteiger partial charge in [0.2, 0.25) is 0 Å². The summed E-state index contributed by atoms with van der Waals surface area (Å²) in [6, 6.07) is 4.26. The minimum Gasteiger partial charge on any atom is -0.376 e. The van der Waals surface area contributed by atoms with Gasteiger partial charge in [0.1, 0.15) is 6.10 Å². The lowest BCUT2D eigenvalue weighted by Gasteiger charge is -2.32. The number of hydrogen-bond donors (Lipinski definition) is 1. The molecule has 0 saturated carbocycles. The van der Waals surface area contributed by atoms with Gasteiger partial charge in [0.15, 0.2) is 0 Å². The molecule has 19 heavy (non-hydrogen) atoms. The Labute approximate surface area is 120 Å². The Balaban J connectivity index is 2.29. The van der Waals surface area contributed by atoms with Gasteiger partial charge in [0.05, 0.1) is 25.9 Å². The molecular weight excluding hydrogens is 262 g/mol. The van der Waals surface area contributed by atoms with Crippen molar-refractivity contribution in [3.63, 3.8) is 0 Å². The van der Waals surface area contributed by atoms with Crippen molar-refractivity contribution in [1.82, 2.24) is 5.32 Å². The zero-order chi connectivity index (χ0) is 13.8. The molecule has 0 aliphatic carbocycles. The van der Waals surface area contributed by atoms with Crippen LogP contribution in [0.1, 0.15) is 29.7 Å². The summed E-state index contributed by atoms with van der Waals surface area (Å²) in [7, 11) is 0. The first-order valence-corrected chi connectivity index (χ1v) is 7.20. The van der Waals surface area contributed by atoms with Crippen LogP contribution in [0.25, 0.3) is 0 Å². The molecule has 4 heteroatoms. The van der Waals surface area contributed by atoms with Crippen molar-refractivity contribution in [1.29, 1.82) is 0 Å². The maximum Gasteiger partial charge on any atom is 0.100 e. The third-order valence-electron chi connectivity index (χ3n) is 3.59. The van der Waals surface area contributed by atoms with Crippen LogP contribution in [0.15, 0.2) is 12.1 Å². The molecule has 1 aromatic carbocycles. The molecule has 2 unspecified atom stereocenters. The molecule has 1 saturated heterocycles. The summed E-state index contributed by atoms with van der Waals surface area (Å²) >= 11 is 6.41. The van der Waals surface area contributed by atoms with Crippen molar-refractivity contribution in [2.75, 3.05) is 26.4 Å². The monoisotopic (exact) mass is 283 g/mol. The molecule has 1 N–H and O–H groups in total. The molecule has 0 radical (unpaired) electrons. The SMILES string of the molecule is CCNC(c1cc(C)c(C)cc1Cl)C1COCCO1. The van der Waals surface area contributed by atoms with E-state index in [-0.39, 0.29) is 12.1 Å². The third kappa shape index (κ3) is 3.48. The highest BCUT2D eigenvalue weighted by Crippen LogP contribution is 2.30. The van der Waals surface area contributed by atoms with E-state index in [0.29, 0.717) is 19.8 Å². The second-order valence-electron chi connectivity index (χ2n) is 4.98. The number of benzene rings is 1. The zero-order valence-corrected chi connectivity index (χ0v) is 12.6. The average molecular weight is 284 g/mol. The van der Waals surface area contributed by atoms with Gasteiger partial charge in [-0.3, -0.25) is 0 Å². The highest BCUT2D eigenvalue weighted by molar-refractivity contribution is 6.31. The van der Waals surface area contributed by atoms with Crippen LogP contribution in [0, 0.1) is 13.8 Å². The molecular formula is C15H22ClNO2. The number of rotatable bonds is 4. The normalized spacial score (nSPS) is 21.4. The lowest BCUT2D eigenvalue weighted by Crippen LogP contribution is -2.40. The fraction of sp³-hybridized carbons (Fsp3) is 0.600. The summed E-state index contributed by atoms with van der Waals surface area (Å²) in [4.78, 5) is 0. The summed E-state index contributed by atoms with van der Waals surface area (Å²) in [5, 5.41) is 4.26. The number of ether oxygens (including phenoxy) is 2. The Morgan fingerprint density at radius 3 is 2.68 bits per heavy atom. The van der Waals surface area contributed by atoms with Gasteiger partial charge in [-0.2, -0.15) is 0 Å². The molecule has 0 bridgehead atoms. The molecule has 2 atom stereocenters. The first-order valence-electron chi connectivity index (χ1n) is 6.83. The van der Waals surface area contributed by atoms with Gasteiger partial charge in [-0.15, -0.1) is 0 Å². The van der Waals surface area contributed by atoms with Crippen LogP contribution in [-0.4, -0.2) is 32.5 Å². The van der Waals surface area contributed by atoms with Gasteiger partial charge in [0, 0.05) is 5.02 Å². The van der Waals surface area contributed by atoms with Gasteiger partial charge in [-0.25, -0.2) is 0 Å². The fourth-order valence-corrected chi connectivity index (χ4v) is 2.74. The summed E-state index contributed by atoms with van der Waals surface area (Å²) in [6.07, 6.45) is 0.0216. The average Bonchev–Trinajstić information content (AvgIpc) is 2.42. The minimum absolute atomic E-state index is 0.0216. The van der Waals surface area contributed by atoms with E-state index in [4.69, 9.17) is 21.1 Å². The molecule has 2 rings (SSSR count). The summed E-state index contributed by atoms with van der Waals surface area (Å²) < 4.78 is 11.3. The topological polar surface area (TPSA) is 30.5 Å². The highest BCUT2D eigenvalue weighted by Gasteiger charge is 2.27. The van der Waals surface area contributed by atoms with Crippen LogP contribution in [0.3, 0.4) is 0 Å². The molecule has 0 spiro atoms. The van der Waals surface area contributed by atoms with Crippen molar-refractivity contribution in [3.8, 4) is 0 Å². The Morgan fingerprint density at radius 2 is 2.05 bits per heavy atom. The summed E-state index contributed by atoms with van der Waals surface area (Å²) in [5.74, 6) is 0. The van der Waals surface area contributed by atoms with E-state index in [0.717, 1.165) is 17.1 Å². The van der Waals surface area contributed by atoms with Crippen molar-refractivity contribution in [2.24, 2.45) is 0 Å². The Bertz CT molecular complexity index is 430. The molecule has 0 aromatic heterocycles. The van der Waals surface area contributed by atoms with E-state index >= 15 is 0 Å². The van der Waals surface area contributed by atoms with Gasteiger partial charge < -0.3 is 14.8 Å². The lowest BCUT2D eigenvalue weighted by molar-refractivity contribution is -0.102. The predicted molar refractivity (Wildman–Crippen MR) is 77.9 cm³/mol. The third-order valence-corrected chi connectivity index (χ3v) is 3.91. The largest absolute Gasteiger partial charge is 0.376 e. The van der Waals surface area contributed by atoms with Crippen LogP contribution >= 0.6 is 11.6 Å². The molecule has 1 aromatic rings. The van der Waals surface area contributed by atoms with Crippen molar-refractivity contribution in [3.05, 3.63) is 33.8 Å². The molecule has 1 aliphatic heterocycles. The van der Waals surface area contributed by atoms with Crippen LogP contribution in [-0.2, 0) is 9.47 Å². The van der Waals surface area contributed by atoms with E-state index in [1.165, 1.54) is 11.1 Å². The molecule has 1 fully saturated rings. The summed E-state index contributed by atoms with van der Waals surface area (Å²) in [5.41, 5.74) is 3.56. The zero-order valence-electron chi connectivity index (χ0n) is 11.8. The second-order valence-corrected chi connectivity index (χ2v) is 5.38. The predicted octanol–water partition coefficient (Wildman–Crippen LogP) is 3.02. The van der Waals surface area contributed by atoms with Crippen LogP contribution < -0.4 is 5.32 Å². The Kier molecular flexibility index (Phi) is 5.22. The van der Waals surface area contributed by atoms with Crippen LogP contribution in [0.4, 0.5) is 0 Å². The van der Waals surface area contributed by atoms with Gasteiger partial charge in [-0.1, -0.05) is 24.6 Å². The number of nitrogens with one attached hydrogen (secondary N) is 1. The quantitative estimate of drug-likeness (QED) is 0.921. The number of hydrogen-bond acceptors (Lipinski definition) is 3. The van der Waals surface area contributed by atoms with E-state index in [1.807, 2.05) is 6.07 Å². The maximum atomic E-state index is 6.41. The standard InChI is InChI=1S/C15H22ClNO2/c1-4-17-15(14-9-18-5-6-19-14)12-7-10(2)11(3)8-13(12)16/h7-8,14-15,17H,4-6,9H2,1-3H3.